The number of azo groups is 1. The van der Waals surface area contributed by atoms with Crippen LogP contribution in [0.4, 0.5) is 0 Å². The minimum atomic E-state index is 0.872. The average Bonchev–Trinajstić information content (AvgIpc) is 2.91. The lowest BCUT2D eigenvalue weighted by atomic mass is 10.3. The van der Waals surface area contributed by atoms with Crippen LogP contribution in [0.25, 0.3) is 0 Å². The molecule has 30 heavy (non-hydrogen) atoms. The topological polar surface area (TPSA) is 98.9 Å². The lowest BCUT2D eigenvalue weighted by molar-refractivity contribution is 0.650. The SMILES string of the molecule is C1=CCCN=C1.C1=CN=CCC1.C1=NC=NCC1.C1=NCCN=C1.C1CCN=NC1. The van der Waals surface area contributed by atoms with Gasteiger partial charge in [0.05, 0.1) is 26.2 Å². The van der Waals surface area contributed by atoms with Crippen LogP contribution in [0.15, 0.2) is 64.6 Å². The van der Waals surface area contributed by atoms with Crippen LogP contribution in [0.3, 0.4) is 0 Å². The summed E-state index contributed by atoms with van der Waals surface area (Å²) in [6.45, 7) is 5.56. The van der Waals surface area contributed by atoms with E-state index in [1.165, 1.54) is 19.3 Å². The molecule has 8 nitrogen and oxygen atoms in total. The molecule has 0 aromatic carbocycles. The minimum Gasteiger partial charge on any atom is -0.293 e. The van der Waals surface area contributed by atoms with Crippen LogP contribution in [0, 0.1) is 0 Å². The van der Waals surface area contributed by atoms with E-state index in [2.05, 4.69) is 52.3 Å². The Bertz CT molecular complexity index is 502. The maximum Gasteiger partial charge on any atom is 0.109 e. The normalized spacial score (nSPS) is 19.2. The molecule has 8 heteroatoms. The standard InChI is InChI=1S/2C5H7N.2C4H6N2.C4H8N2/c2*1-2-4-6-5-3-1;1-2-6-4-3-5-1;1-2-5-4-6-3-1;1-2-4-6-5-3-1/h2,4-5H,1,3H2;1-2,4H,3,5H2;1-2H,3-4H2;2,4H,1,3H2;1-4H2. The first kappa shape index (κ1) is 25.1. The smallest absolute Gasteiger partial charge is 0.109 e. The van der Waals surface area contributed by atoms with Gasteiger partial charge in [0.1, 0.15) is 6.34 Å². The predicted octanol–water partition coefficient (Wildman–Crippen LogP) is 4.25. The first-order valence-electron chi connectivity index (χ1n) is 10.6. The van der Waals surface area contributed by atoms with Crippen LogP contribution < -0.4 is 0 Å². The summed E-state index contributed by atoms with van der Waals surface area (Å²) >= 11 is 0. The van der Waals surface area contributed by atoms with Gasteiger partial charge in [-0.2, -0.15) is 10.2 Å². The van der Waals surface area contributed by atoms with Crippen LogP contribution in [0.5, 0.6) is 0 Å². The van der Waals surface area contributed by atoms with Gasteiger partial charge in [0.25, 0.3) is 0 Å². The van der Waals surface area contributed by atoms with E-state index in [-0.39, 0.29) is 0 Å². The molecular weight excluding hydrogens is 376 g/mol. The summed E-state index contributed by atoms with van der Waals surface area (Å²) in [5.74, 6) is 0. The number of aliphatic imine (C=N–C) groups is 6. The van der Waals surface area contributed by atoms with Crippen molar-refractivity contribution < 1.29 is 0 Å². The van der Waals surface area contributed by atoms with E-state index >= 15 is 0 Å². The molecule has 0 aromatic heterocycles. The molecule has 0 unspecified atom stereocenters. The van der Waals surface area contributed by atoms with Gasteiger partial charge in [-0.25, -0.2) is 4.99 Å². The van der Waals surface area contributed by atoms with Crippen molar-refractivity contribution in [3.8, 4) is 0 Å². The molecule has 5 rings (SSSR count). The maximum absolute atomic E-state index is 3.97. The Morgan fingerprint density at radius 3 is 1.37 bits per heavy atom. The quantitative estimate of drug-likeness (QED) is 0.570. The van der Waals surface area contributed by atoms with E-state index in [0.29, 0.717) is 0 Å². The summed E-state index contributed by atoms with van der Waals surface area (Å²) in [6, 6.07) is 0. The zero-order valence-electron chi connectivity index (χ0n) is 17.8. The summed E-state index contributed by atoms with van der Waals surface area (Å²) in [5.41, 5.74) is 0. The average molecular weight is 411 g/mol. The number of rotatable bonds is 0. The van der Waals surface area contributed by atoms with E-state index in [0.717, 1.165) is 58.5 Å². The molecule has 5 aliphatic rings. The highest BCUT2D eigenvalue weighted by molar-refractivity contribution is 6.16. The van der Waals surface area contributed by atoms with Crippen LogP contribution in [-0.4, -0.2) is 76.7 Å². The molecule has 0 N–H and O–H groups in total. The summed E-state index contributed by atoms with van der Waals surface area (Å²) < 4.78 is 0. The number of hydrogen-bond donors (Lipinski definition) is 0. The third-order valence-corrected chi connectivity index (χ3v) is 3.65. The van der Waals surface area contributed by atoms with E-state index in [4.69, 9.17) is 0 Å². The van der Waals surface area contributed by atoms with Crippen molar-refractivity contribution in [2.45, 2.75) is 38.5 Å². The fourth-order valence-corrected chi connectivity index (χ4v) is 2.11. The number of allylic oxidation sites excluding steroid dienone is 2. The van der Waals surface area contributed by atoms with Crippen molar-refractivity contribution in [1.82, 2.24) is 0 Å². The second-order valence-electron chi connectivity index (χ2n) is 6.26. The van der Waals surface area contributed by atoms with Gasteiger partial charge in [0.15, 0.2) is 0 Å². The molecule has 0 radical (unpaired) electrons. The van der Waals surface area contributed by atoms with Gasteiger partial charge in [-0.05, 0) is 38.2 Å². The Labute approximate surface area is 180 Å². The van der Waals surface area contributed by atoms with Crippen LogP contribution in [0.2, 0.25) is 0 Å². The summed E-state index contributed by atoms with van der Waals surface area (Å²) in [4.78, 5) is 23.3. The van der Waals surface area contributed by atoms with E-state index in [1.54, 1.807) is 18.8 Å². The largest absolute Gasteiger partial charge is 0.293 e. The van der Waals surface area contributed by atoms with Gasteiger partial charge in [-0.3, -0.25) is 25.0 Å². The molecular formula is C22H34N8. The molecule has 0 spiro atoms. The lowest BCUT2D eigenvalue weighted by Crippen LogP contribution is -1.94. The molecule has 0 saturated carbocycles. The Morgan fingerprint density at radius 1 is 0.500 bits per heavy atom. The van der Waals surface area contributed by atoms with E-state index < -0.39 is 0 Å². The third kappa shape index (κ3) is 19.9. The summed E-state index contributed by atoms with van der Waals surface area (Å²) in [7, 11) is 0. The molecule has 0 aromatic rings. The van der Waals surface area contributed by atoms with Gasteiger partial charge in [0.2, 0.25) is 0 Å². The van der Waals surface area contributed by atoms with Crippen molar-refractivity contribution in [1.29, 1.82) is 0 Å². The maximum atomic E-state index is 3.97. The first-order chi connectivity index (χ1) is 15.0. The third-order valence-electron chi connectivity index (χ3n) is 3.65. The van der Waals surface area contributed by atoms with Gasteiger partial charge in [0, 0.05) is 56.8 Å². The summed E-state index contributed by atoms with van der Waals surface area (Å²) in [6.07, 6.45) is 25.6. The molecule has 0 fully saturated rings. The van der Waals surface area contributed by atoms with Gasteiger partial charge in [-0.1, -0.05) is 12.2 Å². The highest BCUT2D eigenvalue weighted by Crippen LogP contribution is 1.96. The fourth-order valence-electron chi connectivity index (χ4n) is 2.11. The van der Waals surface area contributed by atoms with Crippen molar-refractivity contribution in [3.63, 3.8) is 0 Å². The number of hydrogen-bond acceptors (Lipinski definition) is 8. The van der Waals surface area contributed by atoms with Crippen LogP contribution in [-0.2, 0) is 0 Å². The summed E-state index contributed by atoms with van der Waals surface area (Å²) in [5, 5.41) is 7.60. The Hall–Kier alpha value is -2.90. The van der Waals surface area contributed by atoms with Crippen molar-refractivity contribution in [3.05, 3.63) is 24.4 Å². The predicted molar refractivity (Wildman–Crippen MR) is 131 cm³/mol. The minimum absolute atomic E-state index is 0.872. The highest BCUT2D eigenvalue weighted by atomic mass is 15.1. The molecule has 5 heterocycles. The van der Waals surface area contributed by atoms with Crippen LogP contribution >= 0.6 is 0 Å². The van der Waals surface area contributed by atoms with Crippen molar-refractivity contribution >= 4 is 37.4 Å². The zero-order valence-corrected chi connectivity index (χ0v) is 17.8. The number of nitrogens with zero attached hydrogens (tertiary/aromatic N) is 8. The zero-order chi connectivity index (χ0) is 21.2. The molecule has 0 saturated heterocycles. The van der Waals surface area contributed by atoms with Crippen molar-refractivity contribution in [2.75, 3.05) is 39.3 Å². The monoisotopic (exact) mass is 410 g/mol. The molecule has 5 aliphatic heterocycles. The van der Waals surface area contributed by atoms with Gasteiger partial charge >= 0.3 is 0 Å². The Kier molecular flexibility index (Phi) is 18.8. The van der Waals surface area contributed by atoms with Crippen LogP contribution in [0.1, 0.15) is 38.5 Å². The second kappa shape index (κ2) is 22.4. The molecule has 0 bridgehead atoms. The molecule has 162 valence electrons. The number of dihydropyridines is 1. The van der Waals surface area contributed by atoms with Gasteiger partial charge in [-0.15, -0.1) is 0 Å². The second-order valence-corrected chi connectivity index (χ2v) is 6.26. The van der Waals surface area contributed by atoms with E-state index in [1.807, 2.05) is 30.9 Å². The first-order valence-corrected chi connectivity index (χ1v) is 10.6. The Morgan fingerprint density at radius 2 is 1.20 bits per heavy atom. The lowest BCUT2D eigenvalue weighted by Gasteiger charge is -1.96. The van der Waals surface area contributed by atoms with E-state index in [9.17, 15) is 0 Å². The molecule has 0 aliphatic carbocycles. The Balaban J connectivity index is 0.000000187. The highest BCUT2D eigenvalue weighted by Gasteiger charge is 1.89. The van der Waals surface area contributed by atoms with Crippen molar-refractivity contribution in [2.24, 2.45) is 40.2 Å². The van der Waals surface area contributed by atoms with Gasteiger partial charge < -0.3 is 0 Å². The molecule has 0 atom stereocenters. The fraction of sp³-hybridized carbons (Fsp3) is 0.545. The molecule has 0 amide bonds.